The number of nitrogen functional groups attached to an aromatic ring is 1. The number of nitrogens with zero attached hydrogens (tertiary/aromatic N) is 5. The van der Waals surface area contributed by atoms with Crippen LogP contribution in [-0.4, -0.2) is 82.9 Å². The van der Waals surface area contributed by atoms with E-state index in [0.717, 1.165) is 89.3 Å². The number of amides is 1. The fraction of sp³-hybridized carbons (Fsp3) is 0.737. The molecule has 0 spiro atoms. The second-order valence-corrected chi connectivity index (χ2v) is 7.22. The van der Waals surface area contributed by atoms with E-state index in [2.05, 4.69) is 33.6 Å². The summed E-state index contributed by atoms with van der Waals surface area (Å²) in [6.45, 7) is 12.1. The molecule has 1 fully saturated rings. The average molecular weight is 361 g/mol. The maximum absolute atomic E-state index is 13.0. The van der Waals surface area contributed by atoms with Crippen molar-refractivity contribution < 1.29 is 4.79 Å². The van der Waals surface area contributed by atoms with Crippen molar-refractivity contribution in [1.29, 1.82) is 0 Å². The predicted molar refractivity (Wildman–Crippen MR) is 103 cm³/mol. The Bertz CT molecular complexity index is 623. The molecule has 1 aromatic heterocycles. The van der Waals surface area contributed by atoms with E-state index in [1.165, 1.54) is 0 Å². The summed E-state index contributed by atoms with van der Waals surface area (Å²) in [5.74, 6) is 0.257. The summed E-state index contributed by atoms with van der Waals surface area (Å²) in [5.41, 5.74) is 8.41. The second-order valence-electron chi connectivity index (χ2n) is 7.22. The molecule has 0 aromatic carbocycles. The summed E-state index contributed by atoms with van der Waals surface area (Å²) in [6, 6.07) is 0. The van der Waals surface area contributed by atoms with Crippen LogP contribution in [0.1, 0.15) is 48.4 Å². The van der Waals surface area contributed by atoms with Gasteiger partial charge in [0.1, 0.15) is 5.69 Å². The molecular weight excluding hydrogens is 328 g/mol. The molecule has 26 heavy (non-hydrogen) atoms. The molecule has 1 amide bonds. The minimum Gasteiger partial charge on any atom is -0.368 e. The van der Waals surface area contributed by atoms with Gasteiger partial charge >= 0.3 is 0 Å². The molecule has 2 N–H and O–H groups in total. The van der Waals surface area contributed by atoms with Crippen molar-refractivity contribution in [1.82, 2.24) is 24.7 Å². The molecule has 7 heteroatoms. The Labute approximate surface area is 156 Å². The Balaban J connectivity index is 1.60. The van der Waals surface area contributed by atoms with E-state index in [4.69, 9.17) is 5.73 Å². The molecule has 7 nitrogen and oxygen atoms in total. The Kier molecular flexibility index (Phi) is 6.43. The SMILES string of the molecule is CCN(CC)CCN1CCN(C(=O)c2nc(N)nc3c2CCCC3)CC1. The van der Waals surface area contributed by atoms with Gasteiger partial charge in [0.2, 0.25) is 5.95 Å². The van der Waals surface area contributed by atoms with Gasteiger partial charge in [0, 0.05) is 50.5 Å². The van der Waals surface area contributed by atoms with E-state index in [0.29, 0.717) is 5.69 Å². The highest BCUT2D eigenvalue weighted by Crippen LogP contribution is 2.24. The number of anilines is 1. The van der Waals surface area contributed by atoms with Crippen LogP contribution in [0.25, 0.3) is 0 Å². The van der Waals surface area contributed by atoms with Gasteiger partial charge < -0.3 is 15.5 Å². The number of carbonyl (C=O) groups excluding carboxylic acids is 1. The first-order valence-electron chi connectivity index (χ1n) is 10.0. The van der Waals surface area contributed by atoms with Crippen molar-refractivity contribution in [2.45, 2.75) is 39.5 Å². The standard InChI is InChI=1S/C19H32N6O/c1-3-23(4-2)9-10-24-11-13-25(14-12-24)18(26)17-15-7-5-6-8-16(15)21-19(20)22-17/h3-14H2,1-2H3,(H2,20,21,22). The molecular formula is C19H32N6O. The smallest absolute Gasteiger partial charge is 0.273 e. The Morgan fingerprint density at radius 3 is 2.46 bits per heavy atom. The maximum Gasteiger partial charge on any atom is 0.273 e. The minimum atomic E-state index is 0.0284. The topological polar surface area (TPSA) is 78.6 Å². The Hall–Kier alpha value is -1.73. The number of hydrogen-bond acceptors (Lipinski definition) is 6. The highest BCUT2D eigenvalue weighted by molar-refractivity contribution is 5.94. The molecule has 2 heterocycles. The molecule has 144 valence electrons. The molecule has 1 aliphatic carbocycles. The number of fused-ring (bicyclic) bond motifs is 1. The van der Waals surface area contributed by atoms with E-state index in [1.807, 2.05) is 4.90 Å². The molecule has 2 aliphatic rings. The summed E-state index contributed by atoms with van der Waals surface area (Å²) in [6.07, 6.45) is 4.00. The summed E-state index contributed by atoms with van der Waals surface area (Å²) < 4.78 is 0. The van der Waals surface area contributed by atoms with E-state index in [9.17, 15) is 4.79 Å². The van der Waals surface area contributed by atoms with Crippen molar-refractivity contribution in [2.24, 2.45) is 0 Å². The van der Waals surface area contributed by atoms with Crippen LogP contribution in [0.15, 0.2) is 0 Å². The lowest BCUT2D eigenvalue weighted by Gasteiger charge is -2.36. The molecule has 0 saturated carbocycles. The third kappa shape index (κ3) is 4.32. The summed E-state index contributed by atoms with van der Waals surface area (Å²) in [5, 5.41) is 0. The van der Waals surface area contributed by atoms with Crippen molar-refractivity contribution in [2.75, 3.05) is 58.1 Å². The van der Waals surface area contributed by atoms with Crippen LogP contribution in [0.2, 0.25) is 0 Å². The summed E-state index contributed by atoms with van der Waals surface area (Å²) >= 11 is 0. The zero-order valence-corrected chi connectivity index (χ0v) is 16.2. The lowest BCUT2D eigenvalue weighted by atomic mass is 9.94. The molecule has 0 atom stereocenters. The van der Waals surface area contributed by atoms with Gasteiger partial charge in [-0.3, -0.25) is 9.69 Å². The normalized spacial score (nSPS) is 18.2. The number of aromatic nitrogens is 2. The quantitative estimate of drug-likeness (QED) is 0.817. The monoisotopic (exact) mass is 360 g/mol. The zero-order chi connectivity index (χ0) is 18.5. The number of hydrogen-bond donors (Lipinski definition) is 1. The predicted octanol–water partition coefficient (Wildman–Crippen LogP) is 1.04. The van der Waals surface area contributed by atoms with E-state index < -0.39 is 0 Å². The van der Waals surface area contributed by atoms with Gasteiger partial charge in [-0.15, -0.1) is 0 Å². The van der Waals surface area contributed by atoms with Crippen LogP contribution < -0.4 is 5.73 Å². The van der Waals surface area contributed by atoms with Crippen LogP contribution in [0.4, 0.5) is 5.95 Å². The van der Waals surface area contributed by atoms with Crippen molar-refractivity contribution in [3.05, 3.63) is 17.0 Å². The third-order valence-corrected chi connectivity index (χ3v) is 5.69. The van der Waals surface area contributed by atoms with Crippen LogP contribution >= 0.6 is 0 Å². The molecule has 3 rings (SSSR count). The van der Waals surface area contributed by atoms with Crippen LogP contribution in [0.5, 0.6) is 0 Å². The number of nitrogens with two attached hydrogens (primary N) is 1. The molecule has 1 saturated heterocycles. The van der Waals surface area contributed by atoms with Crippen LogP contribution in [0.3, 0.4) is 0 Å². The fourth-order valence-electron chi connectivity index (χ4n) is 3.94. The first-order valence-corrected chi connectivity index (χ1v) is 10.0. The van der Waals surface area contributed by atoms with Gasteiger partial charge in [0.15, 0.2) is 0 Å². The average Bonchev–Trinajstić information content (AvgIpc) is 2.68. The van der Waals surface area contributed by atoms with Crippen LogP contribution in [0, 0.1) is 0 Å². The van der Waals surface area contributed by atoms with Crippen molar-refractivity contribution >= 4 is 11.9 Å². The molecule has 0 bridgehead atoms. The number of aryl methyl sites for hydroxylation is 1. The van der Waals surface area contributed by atoms with Crippen molar-refractivity contribution in [3.63, 3.8) is 0 Å². The van der Waals surface area contributed by atoms with E-state index in [1.54, 1.807) is 0 Å². The molecule has 1 aliphatic heterocycles. The van der Waals surface area contributed by atoms with E-state index in [-0.39, 0.29) is 11.9 Å². The van der Waals surface area contributed by atoms with Gasteiger partial charge in [-0.05, 0) is 38.8 Å². The Morgan fingerprint density at radius 2 is 1.77 bits per heavy atom. The van der Waals surface area contributed by atoms with Gasteiger partial charge in [-0.2, -0.15) is 0 Å². The van der Waals surface area contributed by atoms with Crippen molar-refractivity contribution in [3.8, 4) is 0 Å². The van der Waals surface area contributed by atoms with Gasteiger partial charge in [-0.1, -0.05) is 13.8 Å². The number of piperazine rings is 1. The lowest BCUT2D eigenvalue weighted by Crippen LogP contribution is -2.50. The number of carbonyl (C=O) groups is 1. The molecule has 0 radical (unpaired) electrons. The Morgan fingerprint density at radius 1 is 1.08 bits per heavy atom. The highest BCUT2D eigenvalue weighted by Gasteiger charge is 2.27. The lowest BCUT2D eigenvalue weighted by molar-refractivity contribution is 0.0617. The first kappa shape index (κ1) is 19.0. The zero-order valence-electron chi connectivity index (χ0n) is 16.2. The van der Waals surface area contributed by atoms with Crippen LogP contribution in [-0.2, 0) is 12.8 Å². The van der Waals surface area contributed by atoms with Gasteiger partial charge in [0.05, 0.1) is 0 Å². The number of rotatable bonds is 6. The fourth-order valence-corrected chi connectivity index (χ4v) is 3.94. The number of likely N-dealkylation sites (N-methyl/N-ethyl adjacent to an activating group) is 1. The molecule has 1 aromatic rings. The molecule has 0 unspecified atom stereocenters. The van der Waals surface area contributed by atoms with Gasteiger partial charge in [0.25, 0.3) is 5.91 Å². The minimum absolute atomic E-state index is 0.0284. The summed E-state index contributed by atoms with van der Waals surface area (Å²) in [4.78, 5) is 28.5. The van der Waals surface area contributed by atoms with E-state index >= 15 is 0 Å². The second kappa shape index (κ2) is 8.77. The third-order valence-electron chi connectivity index (χ3n) is 5.69. The summed E-state index contributed by atoms with van der Waals surface area (Å²) in [7, 11) is 0. The maximum atomic E-state index is 13.0. The largest absolute Gasteiger partial charge is 0.368 e. The highest BCUT2D eigenvalue weighted by atomic mass is 16.2. The van der Waals surface area contributed by atoms with Gasteiger partial charge in [-0.25, -0.2) is 9.97 Å². The first-order chi connectivity index (χ1) is 12.6.